The van der Waals surface area contributed by atoms with E-state index < -0.39 is 23.3 Å². The topological polar surface area (TPSA) is 35.5 Å². The highest BCUT2D eigenvalue weighted by molar-refractivity contribution is 5.78. The molecule has 3 nitrogen and oxygen atoms in total. The molecule has 0 spiro atoms. The Morgan fingerprint density at radius 2 is 1.00 bits per heavy atom. The third-order valence-corrected chi connectivity index (χ3v) is 14.6. The van der Waals surface area contributed by atoms with Crippen molar-refractivity contribution in [2.45, 2.75) is 181 Å². The predicted octanol–water partition coefficient (Wildman–Crippen LogP) is 16.9. The van der Waals surface area contributed by atoms with Crippen LogP contribution in [0.2, 0.25) is 0 Å². The molecule has 7 heteroatoms. The molecule has 0 amide bonds. The lowest BCUT2D eigenvalue weighted by molar-refractivity contribution is -0.119. The number of carbonyl (C=O) groups excluding carboxylic acids is 1. The maximum absolute atomic E-state index is 15.1. The average Bonchev–Trinajstić information content (AvgIpc) is 3.31. The van der Waals surface area contributed by atoms with Crippen molar-refractivity contribution in [2.24, 2.45) is 23.7 Å². The molecule has 1 saturated carbocycles. The Morgan fingerprint density at radius 1 is 0.531 bits per heavy atom. The lowest BCUT2D eigenvalue weighted by Crippen LogP contribution is -2.14. The Labute approximate surface area is 382 Å². The van der Waals surface area contributed by atoms with Gasteiger partial charge in [0.15, 0.2) is 23.1 Å². The fourth-order valence-corrected chi connectivity index (χ4v) is 10.2. The standard InChI is InChI=1S/C57H76F4O3/c1-41-15-19-43(20-16-41)23-25-45-27-31-47(32-28-45)50-35-37-52(56(60)54(50)58)63-39-11-7-3-5-9-13-49(62)14-10-6-4-8-12-40-64-53-38-36-51(55(59)57(53)61)48-33-29-46(30-34-48)26-24-44-21-17-42(2)18-22-44/h15-16,19-20,31,33,35-38,42,44-46H,3-14,17-18,21-30,32,34,39-40H2,1-2H3. The lowest BCUT2D eigenvalue weighted by Gasteiger charge is -2.28. The molecule has 3 aliphatic rings. The Bertz CT molecular complexity index is 1960. The summed E-state index contributed by atoms with van der Waals surface area (Å²) in [5.41, 5.74) is 5.14. The molecule has 64 heavy (non-hydrogen) atoms. The van der Waals surface area contributed by atoms with Gasteiger partial charge in [-0.2, -0.15) is 8.78 Å². The van der Waals surface area contributed by atoms with E-state index in [0.29, 0.717) is 54.8 Å². The third kappa shape index (κ3) is 15.6. The highest BCUT2D eigenvalue weighted by Gasteiger charge is 2.25. The van der Waals surface area contributed by atoms with Gasteiger partial charge in [-0.3, -0.25) is 4.79 Å². The second kappa shape index (κ2) is 26.3. The molecule has 0 N–H and O–H groups in total. The number of ether oxygens (including phenoxy) is 2. The number of unbranched alkanes of at least 4 members (excludes halogenated alkanes) is 8. The zero-order valence-electron chi connectivity index (χ0n) is 39.1. The van der Waals surface area contributed by atoms with Gasteiger partial charge in [-0.1, -0.05) is 120 Å². The summed E-state index contributed by atoms with van der Waals surface area (Å²) in [5, 5.41) is 0. The van der Waals surface area contributed by atoms with Crippen LogP contribution >= 0.6 is 0 Å². The first-order valence-electron chi connectivity index (χ1n) is 25.3. The number of allylic oxidation sites excluding steroid dienone is 4. The van der Waals surface area contributed by atoms with Gasteiger partial charge in [0.2, 0.25) is 11.6 Å². The number of carbonyl (C=O) groups is 1. The molecule has 6 rings (SSSR count). The molecular formula is C57H76F4O3. The zero-order valence-corrected chi connectivity index (χ0v) is 39.1. The summed E-state index contributed by atoms with van der Waals surface area (Å²) >= 11 is 0. The van der Waals surface area contributed by atoms with E-state index in [9.17, 15) is 13.6 Å². The van der Waals surface area contributed by atoms with Crippen LogP contribution < -0.4 is 9.47 Å². The van der Waals surface area contributed by atoms with Crippen molar-refractivity contribution in [3.63, 3.8) is 0 Å². The van der Waals surface area contributed by atoms with Crippen LogP contribution in [-0.2, 0) is 11.2 Å². The lowest BCUT2D eigenvalue weighted by atomic mass is 9.77. The first kappa shape index (κ1) is 49.6. The van der Waals surface area contributed by atoms with Gasteiger partial charge in [0.05, 0.1) is 13.2 Å². The maximum Gasteiger partial charge on any atom is 0.201 e. The van der Waals surface area contributed by atoms with E-state index in [4.69, 9.17) is 9.47 Å². The molecule has 0 heterocycles. The van der Waals surface area contributed by atoms with Crippen molar-refractivity contribution in [2.75, 3.05) is 13.2 Å². The van der Waals surface area contributed by atoms with Crippen LogP contribution in [0.5, 0.6) is 11.5 Å². The zero-order chi connectivity index (χ0) is 45.1. The number of Topliss-reactive ketones (excluding diaryl/α,β-unsaturated/α-hetero) is 1. The monoisotopic (exact) mass is 885 g/mol. The number of ketones is 1. The minimum absolute atomic E-state index is 0.0179. The van der Waals surface area contributed by atoms with Gasteiger partial charge < -0.3 is 9.47 Å². The molecule has 0 aliphatic heterocycles. The molecule has 3 aromatic rings. The Hall–Kier alpha value is -3.87. The smallest absolute Gasteiger partial charge is 0.201 e. The van der Waals surface area contributed by atoms with Crippen LogP contribution in [0.15, 0.2) is 60.7 Å². The van der Waals surface area contributed by atoms with Crippen LogP contribution in [0.4, 0.5) is 17.6 Å². The molecule has 3 aliphatic carbocycles. The summed E-state index contributed by atoms with van der Waals surface area (Å²) in [7, 11) is 0. The van der Waals surface area contributed by atoms with Crippen molar-refractivity contribution in [1.82, 2.24) is 0 Å². The molecule has 2 unspecified atom stereocenters. The molecule has 2 atom stereocenters. The van der Waals surface area contributed by atoms with E-state index in [1.165, 1.54) is 49.7 Å². The van der Waals surface area contributed by atoms with Gasteiger partial charge in [-0.25, -0.2) is 8.78 Å². The van der Waals surface area contributed by atoms with E-state index in [2.05, 4.69) is 50.3 Å². The summed E-state index contributed by atoms with van der Waals surface area (Å²) in [6, 6.07) is 15.2. The SMILES string of the molecule is Cc1ccc(CCC2CC=C(c3ccc(OCCCCCCCC(=O)CCCCCCCOc4ccc(C5=CCC(CCC6CCC(C)CC6)CC5)c(F)c4F)c(F)c3F)CC2)cc1. The summed E-state index contributed by atoms with van der Waals surface area (Å²) < 4.78 is 71.5. The molecule has 0 saturated heterocycles. The van der Waals surface area contributed by atoms with E-state index in [1.54, 1.807) is 24.3 Å². The maximum atomic E-state index is 15.1. The van der Waals surface area contributed by atoms with Crippen LogP contribution in [0, 0.1) is 53.9 Å². The first-order chi connectivity index (χ1) is 31.1. The predicted molar refractivity (Wildman–Crippen MR) is 255 cm³/mol. The molecule has 0 bridgehead atoms. The van der Waals surface area contributed by atoms with Crippen LogP contribution in [-0.4, -0.2) is 19.0 Å². The van der Waals surface area contributed by atoms with Crippen LogP contribution in [0.1, 0.15) is 190 Å². The summed E-state index contributed by atoms with van der Waals surface area (Å²) in [6.45, 7) is 5.12. The summed E-state index contributed by atoms with van der Waals surface area (Å²) in [5.74, 6) is -0.208. The number of hydrogen-bond acceptors (Lipinski definition) is 3. The third-order valence-electron chi connectivity index (χ3n) is 14.6. The highest BCUT2D eigenvalue weighted by atomic mass is 19.2. The van der Waals surface area contributed by atoms with Crippen molar-refractivity contribution in [3.8, 4) is 11.5 Å². The van der Waals surface area contributed by atoms with Crippen molar-refractivity contribution >= 4 is 16.9 Å². The van der Waals surface area contributed by atoms with E-state index >= 15 is 8.78 Å². The molecular weight excluding hydrogens is 809 g/mol. The fraction of sp³-hybridized carbons (Fsp3) is 0.596. The number of halogens is 4. The highest BCUT2D eigenvalue weighted by Crippen LogP contribution is 2.39. The first-order valence-corrected chi connectivity index (χ1v) is 25.3. The summed E-state index contributed by atoms with van der Waals surface area (Å²) in [6.07, 6.45) is 29.9. The molecule has 3 aromatic carbocycles. The van der Waals surface area contributed by atoms with Crippen LogP contribution in [0.25, 0.3) is 11.1 Å². The number of rotatable bonds is 26. The molecule has 350 valence electrons. The molecule has 1 fully saturated rings. The van der Waals surface area contributed by atoms with Crippen molar-refractivity contribution in [3.05, 3.63) is 106 Å². The van der Waals surface area contributed by atoms with Gasteiger partial charge in [-0.05, 0) is 155 Å². The van der Waals surface area contributed by atoms with Crippen molar-refractivity contribution < 1.29 is 31.8 Å². The van der Waals surface area contributed by atoms with E-state index in [0.717, 1.165) is 139 Å². The van der Waals surface area contributed by atoms with Crippen molar-refractivity contribution in [1.29, 1.82) is 0 Å². The second-order valence-corrected chi connectivity index (χ2v) is 19.7. The van der Waals surface area contributed by atoms with Gasteiger partial charge >= 0.3 is 0 Å². The van der Waals surface area contributed by atoms with Crippen LogP contribution in [0.3, 0.4) is 0 Å². The van der Waals surface area contributed by atoms with E-state index in [1.807, 2.05) is 0 Å². The quantitative estimate of drug-likeness (QED) is 0.0595. The normalized spacial score (nSPS) is 20.2. The number of aryl methyl sites for hydroxylation is 2. The number of benzene rings is 3. The second-order valence-electron chi connectivity index (χ2n) is 19.7. The largest absolute Gasteiger partial charge is 0.490 e. The number of hydrogen-bond donors (Lipinski definition) is 0. The minimum Gasteiger partial charge on any atom is -0.490 e. The average molecular weight is 885 g/mol. The van der Waals surface area contributed by atoms with Gasteiger partial charge in [0.1, 0.15) is 5.78 Å². The Balaban J connectivity index is 0.747. The Morgan fingerprint density at radius 3 is 1.50 bits per heavy atom. The summed E-state index contributed by atoms with van der Waals surface area (Å²) in [4.78, 5) is 12.4. The van der Waals surface area contributed by atoms with Gasteiger partial charge in [0, 0.05) is 24.0 Å². The van der Waals surface area contributed by atoms with Gasteiger partial charge in [-0.15, -0.1) is 0 Å². The molecule has 0 radical (unpaired) electrons. The van der Waals surface area contributed by atoms with Gasteiger partial charge in [0.25, 0.3) is 0 Å². The molecule has 0 aromatic heterocycles. The fourth-order valence-electron chi connectivity index (χ4n) is 10.2. The van der Waals surface area contributed by atoms with E-state index in [-0.39, 0.29) is 11.5 Å². The Kier molecular flexibility index (Phi) is 20.4. The minimum atomic E-state index is -0.909.